The van der Waals surface area contributed by atoms with Gasteiger partial charge in [0.05, 0.1) is 6.10 Å². The van der Waals surface area contributed by atoms with Crippen LogP contribution in [0.4, 0.5) is 5.69 Å². The SMILES string of the molecule is Brc1cccc(NCC2CCCO2)c1. The molecule has 1 heterocycles. The summed E-state index contributed by atoms with van der Waals surface area (Å²) in [5.74, 6) is 0. The number of hydrogen-bond acceptors (Lipinski definition) is 2. The Morgan fingerprint density at radius 2 is 2.43 bits per heavy atom. The van der Waals surface area contributed by atoms with Crippen molar-refractivity contribution in [3.63, 3.8) is 0 Å². The topological polar surface area (TPSA) is 21.3 Å². The summed E-state index contributed by atoms with van der Waals surface area (Å²) in [4.78, 5) is 0. The first-order chi connectivity index (χ1) is 6.84. The van der Waals surface area contributed by atoms with E-state index in [1.165, 1.54) is 12.8 Å². The molecule has 76 valence electrons. The summed E-state index contributed by atoms with van der Waals surface area (Å²) in [5, 5.41) is 3.37. The van der Waals surface area contributed by atoms with Gasteiger partial charge in [0.1, 0.15) is 0 Å². The largest absolute Gasteiger partial charge is 0.382 e. The minimum Gasteiger partial charge on any atom is -0.382 e. The lowest BCUT2D eigenvalue weighted by Crippen LogP contribution is -2.18. The average molecular weight is 256 g/mol. The lowest BCUT2D eigenvalue weighted by molar-refractivity contribution is 0.120. The Morgan fingerprint density at radius 1 is 1.50 bits per heavy atom. The van der Waals surface area contributed by atoms with Crippen molar-refractivity contribution < 1.29 is 4.74 Å². The fourth-order valence-corrected chi connectivity index (χ4v) is 2.03. The van der Waals surface area contributed by atoms with Crippen LogP contribution in [0.2, 0.25) is 0 Å². The summed E-state index contributed by atoms with van der Waals surface area (Å²) in [6.07, 6.45) is 2.78. The molecule has 2 nitrogen and oxygen atoms in total. The number of rotatable bonds is 3. The highest BCUT2D eigenvalue weighted by Crippen LogP contribution is 2.17. The van der Waals surface area contributed by atoms with Crippen molar-refractivity contribution in [2.24, 2.45) is 0 Å². The Morgan fingerprint density at radius 3 is 3.14 bits per heavy atom. The van der Waals surface area contributed by atoms with Gasteiger partial charge in [-0.05, 0) is 31.0 Å². The molecule has 3 heteroatoms. The van der Waals surface area contributed by atoms with Crippen LogP contribution in [0, 0.1) is 0 Å². The molecular formula is C11H14BrNO. The van der Waals surface area contributed by atoms with Crippen LogP contribution in [0.1, 0.15) is 12.8 Å². The summed E-state index contributed by atoms with van der Waals surface area (Å²) in [6.45, 7) is 1.83. The fraction of sp³-hybridized carbons (Fsp3) is 0.455. The zero-order valence-corrected chi connectivity index (χ0v) is 9.59. The molecule has 1 unspecified atom stereocenters. The van der Waals surface area contributed by atoms with Gasteiger partial charge in [-0.2, -0.15) is 0 Å². The van der Waals surface area contributed by atoms with Gasteiger partial charge >= 0.3 is 0 Å². The van der Waals surface area contributed by atoms with Crippen LogP contribution < -0.4 is 5.32 Å². The van der Waals surface area contributed by atoms with Crippen LogP contribution in [0.15, 0.2) is 28.7 Å². The minimum absolute atomic E-state index is 0.397. The van der Waals surface area contributed by atoms with Crippen molar-refractivity contribution in [1.82, 2.24) is 0 Å². The van der Waals surface area contributed by atoms with E-state index in [2.05, 4.69) is 33.4 Å². The van der Waals surface area contributed by atoms with E-state index in [9.17, 15) is 0 Å². The van der Waals surface area contributed by atoms with Crippen molar-refractivity contribution in [2.45, 2.75) is 18.9 Å². The number of ether oxygens (including phenoxy) is 1. The van der Waals surface area contributed by atoms with Gasteiger partial charge in [0, 0.05) is 23.3 Å². The summed E-state index contributed by atoms with van der Waals surface area (Å²) < 4.78 is 6.64. The summed E-state index contributed by atoms with van der Waals surface area (Å²) >= 11 is 3.44. The summed E-state index contributed by atoms with van der Waals surface area (Å²) in [7, 11) is 0. The van der Waals surface area contributed by atoms with Gasteiger partial charge in [-0.15, -0.1) is 0 Å². The van der Waals surface area contributed by atoms with Crippen LogP contribution in [0.3, 0.4) is 0 Å². The number of halogens is 1. The maximum absolute atomic E-state index is 5.53. The molecule has 0 aliphatic carbocycles. The van der Waals surface area contributed by atoms with Gasteiger partial charge < -0.3 is 10.1 Å². The molecule has 0 aromatic heterocycles. The van der Waals surface area contributed by atoms with Crippen LogP contribution in [-0.4, -0.2) is 19.3 Å². The smallest absolute Gasteiger partial charge is 0.0748 e. The molecule has 14 heavy (non-hydrogen) atoms. The van der Waals surface area contributed by atoms with Crippen molar-refractivity contribution in [2.75, 3.05) is 18.5 Å². The molecule has 1 atom stereocenters. The van der Waals surface area contributed by atoms with Gasteiger partial charge in [-0.3, -0.25) is 0 Å². The molecule has 1 fully saturated rings. The Kier molecular flexibility index (Phi) is 3.43. The monoisotopic (exact) mass is 255 g/mol. The third-order valence-corrected chi connectivity index (χ3v) is 2.88. The van der Waals surface area contributed by atoms with E-state index in [-0.39, 0.29) is 0 Å². The molecule has 0 saturated carbocycles. The molecule has 1 aromatic rings. The van der Waals surface area contributed by atoms with E-state index >= 15 is 0 Å². The standard InChI is InChI=1S/C11H14BrNO/c12-9-3-1-4-10(7-9)13-8-11-5-2-6-14-11/h1,3-4,7,11,13H,2,5-6,8H2. The Labute approximate surface area is 92.8 Å². The predicted molar refractivity (Wildman–Crippen MR) is 61.6 cm³/mol. The van der Waals surface area contributed by atoms with Gasteiger partial charge in [0.15, 0.2) is 0 Å². The Bertz CT molecular complexity index is 297. The fourth-order valence-electron chi connectivity index (χ4n) is 1.64. The quantitative estimate of drug-likeness (QED) is 0.897. The molecular weight excluding hydrogens is 242 g/mol. The van der Waals surface area contributed by atoms with Crippen molar-refractivity contribution in [1.29, 1.82) is 0 Å². The molecule has 2 rings (SSSR count). The minimum atomic E-state index is 0.397. The Balaban J connectivity index is 1.85. The molecule has 0 bridgehead atoms. The molecule has 0 spiro atoms. The van der Waals surface area contributed by atoms with Crippen LogP contribution in [-0.2, 0) is 4.74 Å². The number of anilines is 1. The lowest BCUT2D eigenvalue weighted by atomic mass is 10.2. The van der Waals surface area contributed by atoms with Crippen molar-refractivity contribution >= 4 is 21.6 Å². The van der Waals surface area contributed by atoms with E-state index in [0.717, 1.165) is 23.3 Å². The Hall–Kier alpha value is -0.540. The zero-order chi connectivity index (χ0) is 9.80. The second kappa shape index (κ2) is 4.80. The third kappa shape index (κ3) is 2.72. The molecule has 1 N–H and O–H groups in total. The molecule has 1 saturated heterocycles. The van der Waals surface area contributed by atoms with Gasteiger partial charge in [-0.25, -0.2) is 0 Å². The van der Waals surface area contributed by atoms with Gasteiger partial charge in [-0.1, -0.05) is 22.0 Å². The van der Waals surface area contributed by atoms with Crippen LogP contribution in [0.25, 0.3) is 0 Å². The van der Waals surface area contributed by atoms with E-state index in [1.54, 1.807) is 0 Å². The van der Waals surface area contributed by atoms with E-state index < -0.39 is 0 Å². The van der Waals surface area contributed by atoms with Gasteiger partial charge in [0.2, 0.25) is 0 Å². The highest BCUT2D eigenvalue weighted by molar-refractivity contribution is 9.10. The molecule has 0 amide bonds. The number of nitrogens with one attached hydrogen (secondary N) is 1. The van der Waals surface area contributed by atoms with Crippen LogP contribution >= 0.6 is 15.9 Å². The van der Waals surface area contributed by atoms with Crippen molar-refractivity contribution in [3.8, 4) is 0 Å². The second-order valence-corrected chi connectivity index (χ2v) is 4.44. The maximum Gasteiger partial charge on any atom is 0.0748 e. The maximum atomic E-state index is 5.53. The lowest BCUT2D eigenvalue weighted by Gasteiger charge is -2.11. The first-order valence-electron chi connectivity index (χ1n) is 4.95. The summed E-state index contributed by atoms with van der Waals surface area (Å²) in [5.41, 5.74) is 1.15. The third-order valence-electron chi connectivity index (χ3n) is 2.38. The second-order valence-electron chi connectivity index (χ2n) is 3.53. The van der Waals surface area contributed by atoms with E-state index in [0.29, 0.717) is 6.10 Å². The number of hydrogen-bond donors (Lipinski definition) is 1. The zero-order valence-electron chi connectivity index (χ0n) is 8.00. The molecule has 1 aliphatic heterocycles. The number of benzene rings is 1. The first-order valence-corrected chi connectivity index (χ1v) is 5.75. The molecule has 1 aliphatic rings. The molecule has 1 aromatic carbocycles. The average Bonchev–Trinajstić information content (AvgIpc) is 2.67. The van der Waals surface area contributed by atoms with Crippen molar-refractivity contribution in [3.05, 3.63) is 28.7 Å². The normalized spacial score (nSPS) is 21.1. The highest BCUT2D eigenvalue weighted by atomic mass is 79.9. The molecule has 0 radical (unpaired) electrons. The van der Waals surface area contributed by atoms with E-state index in [4.69, 9.17) is 4.74 Å². The van der Waals surface area contributed by atoms with Crippen LogP contribution in [0.5, 0.6) is 0 Å². The highest BCUT2D eigenvalue weighted by Gasteiger charge is 2.14. The summed E-state index contributed by atoms with van der Waals surface area (Å²) in [6, 6.07) is 8.20. The van der Waals surface area contributed by atoms with E-state index in [1.807, 2.05) is 12.1 Å². The predicted octanol–water partition coefficient (Wildman–Crippen LogP) is 3.04. The van der Waals surface area contributed by atoms with Gasteiger partial charge in [0.25, 0.3) is 0 Å². The first kappa shape index (κ1) is 9.99.